The Kier molecular flexibility index (Phi) is 3.26. The molecule has 0 saturated heterocycles. The molecule has 0 fully saturated rings. The van der Waals surface area contributed by atoms with Gasteiger partial charge in [-0.3, -0.25) is 14.3 Å². The second-order valence-electron chi connectivity index (χ2n) is 4.20. The fraction of sp³-hybridized carbons (Fsp3) is 0. The molecule has 0 aliphatic carbocycles. The number of nitrogens with zero attached hydrogens (tertiary/aromatic N) is 4. The lowest BCUT2D eigenvalue weighted by Crippen LogP contribution is -2.13. The zero-order chi connectivity index (χ0) is 14.8. The van der Waals surface area contributed by atoms with Crippen LogP contribution in [0.3, 0.4) is 0 Å². The molecule has 6 nitrogen and oxygen atoms in total. The number of hydrogen-bond donors (Lipinski definition) is 1. The Morgan fingerprint density at radius 1 is 1.43 bits per heavy atom. The van der Waals surface area contributed by atoms with Crippen molar-refractivity contribution >= 4 is 28.6 Å². The Morgan fingerprint density at radius 2 is 2.29 bits per heavy atom. The van der Waals surface area contributed by atoms with Crippen molar-refractivity contribution in [3.05, 3.63) is 69.4 Å². The second kappa shape index (κ2) is 5.23. The molecular weight excluding hydrogens is 290 g/mol. The molecule has 0 atom stereocenters. The number of benzene rings is 1. The van der Waals surface area contributed by atoms with E-state index in [0.29, 0.717) is 27.4 Å². The van der Waals surface area contributed by atoms with E-state index in [2.05, 4.69) is 19.8 Å². The van der Waals surface area contributed by atoms with Gasteiger partial charge in [0.05, 0.1) is 17.5 Å². The first-order valence-corrected chi connectivity index (χ1v) is 6.32. The summed E-state index contributed by atoms with van der Waals surface area (Å²) in [5, 5.41) is 0.838. The largest absolute Gasteiger partial charge is 0.291 e. The lowest BCUT2D eigenvalue weighted by Gasteiger charge is -2.05. The average molecular weight is 298 g/mol. The number of imidazole rings is 1. The van der Waals surface area contributed by atoms with Crippen molar-refractivity contribution in [1.29, 1.82) is 0 Å². The van der Waals surface area contributed by atoms with E-state index in [4.69, 9.17) is 18.2 Å². The van der Waals surface area contributed by atoms with Crippen LogP contribution in [0.15, 0.2) is 41.8 Å². The number of halogens is 1. The zero-order valence-corrected chi connectivity index (χ0v) is 11.4. The summed E-state index contributed by atoms with van der Waals surface area (Å²) in [5.74, 6) is 0.366. The number of aromatic nitrogens is 4. The number of hydrogen-bond acceptors (Lipinski definition) is 3. The van der Waals surface area contributed by atoms with Crippen molar-refractivity contribution in [2.45, 2.75) is 0 Å². The van der Waals surface area contributed by atoms with Crippen molar-refractivity contribution in [3.8, 4) is 5.95 Å². The molecule has 0 amide bonds. The molecule has 0 radical (unpaired) electrons. The number of nitrogens with one attached hydrogen (secondary N) is 1. The Morgan fingerprint density at radius 3 is 3.00 bits per heavy atom. The molecule has 1 N–H and O–H groups in total. The molecule has 0 unspecified atom stereocenters. The van der Waals surface area contributed by atoms with Crippen molar-refractivity contribution in [1.82, 2.24) is 19.5 Å². The van der Waals surface area contributed by atoms with Gasteiger partial charge in [-0.1, -0.05) is 17.7 Å². The number of aromatic amines is 1. The minimum Gasteiger partial charge on any atom is -0.291 e. The molecule has 1 aromatic carbocycles. The van der Waals surface area contributed by atoms with Crippen LogP contribution in [0, 0.1) is 6.57 Å². The molecule has 0 aliphatic rings. The van der Waals surface area contributed by atoms with Crippen LogP contribution in [0.5, 0.6) is 0 Å². The van der Waals surface area contributed by atoms with Crippen molar-refractivity contribution in [2.24, 2.45) is 0 Å². The molecule has 3 aromatic rings. The van der Waals surface area contributed by atoms with Gasteiger partial charge in [0.2, 0.25) is 5.95 Å². The third kappa shape index (κ3) is 2.42. The topological polar surface area (TPSA) is 67.9 Å². The highest BCUT2D eigenvalue weighted by molar-refractivity contribution is 6.32. The van der Waals surface area contributed by atoms with Crippen LogP contribution in [0.25, 0.3) is 27.8 Å². The molecule has 3 rings (SSSR count). The summed E-state index contributed by atoms with van der Waals surface area (Å²) in [6, 6.07) is 3.22. The third-order valence-electron chi connectivity index (χ3n) is 2.89. The highest BCUT2D eigenvalue weighted by Crippen LogP contribution is 2.22. The van der Waals surface area contributed by atoms with E-state index in [1.54, 1.807) is 41.5 Å². The predicted octanol–water partition coefficient (Wildman–Crippen LogP) is 2.65. The van der Waals surface area contributed by atoms with Gasteiger partial charge < -0.3 is 0 Å². The van der Waals surface area contributed by atoms with Crippen LogP contribution in [0.1, 0.15) is 5.56 Å². The minimum absolute atomic E-state index is 0.280. The van der Waals surface area contributed by atoms with Crippen LogP contribution in [0.2, 0.25) is 5.02 Å². The smallest absolute Gasteiger partial charge is 0.260 e. The van der Waals surface area contributed by atoms with Gasteiger partial charge in [0.1, 0.15) is 6.33 Å². The van der Waals surface area contributed by atoms with E-state index in [1.807, 2.05) is 0 Å². The molecular formula is C14H8ClN5O. The number of fused-ring (bicyclic) bond motifs is 1. The maximum absolute atomic E-state index is 12.2. The SMILES string of the molecule is [C-]#[N+]/C=C/c1cc2c(=O)[nH]c(-n3ccnc3)nc2cc1Cl. The summed E-state index contributed by atoms with van der Waals surface area (Å²) in [7, 11) is 0. The molecule has 7 heteroatoms. The lowest BCUT2D eigenvalue weighted by molar-refractivity contribution is 0.929. The van der Waals surface area contributed by atoms with Crippen molar-refractivity contribution in [2.75, 3.05) is 0 Å². The van der Waals surface area contributed by atoms with Gasteiger partial charge in [0, 0.05) is 17.4 Å². The molecule has 21 heavy (non-hydrogen) atoms. The highest BCUT2D eigenvalue weighted by atomic mass is 35.5. The Hall–Kier alpha value is -2.91. The van der Waals surface area contributed by atoms with Crippen LogP contribution >= 0.6 is 11.6 Å². The van der Waals surface area contributed by atoms with Gasteiger partial charge in [-0.2, -0.15) is 0 Å². The van der Waals surface area contributed by atoms with E-state index >= 15 is 0 Å². The van der Waals surface area contributed by atoms with Gasteiger partial charge in [-0.05, 0) is 17.7 Å². The van der Waals surface area contributed by atoms with Gasteiger partial charge >= 0.3 is 0 Å². The molecule has 0 spiro atoms. The Labute approximate surface area is 124 Å². The van der Waals surface area contributed by atoms with Crippen molar-refractivity contribution < 1.29 is 0 Å². The summed E-state index contributed by atoms with van der Waals surface area (Å²) in [4.78, 5) is 26.3. The predicted molar refractivity (Wildman–Crippen MR) is 80.1 cm³/mol. The summed E-state index contributed by atoms with van der Waals surface area (Å²) < 4.78 is 1.60. The van der Waals surface area contributed by atoms with E-state index in [1.165, 1.54) is 6.20 Å². The van der Waals surface area contributed by atoms with Crippen molar-refractivity contribution in [3.63, 3.8) is 0 Å². The standard InChI is InChI=1S/C14H8ClN5O/c1-16-3-2-9-6-10-12(7-11(9)15)18-14(19-13(10)21)20-5-4-17-8-20/h2-8H,(H,18,19,21)/b3-2+. The second-order valence-corrected chi connectivity index (χ2v) is 4.60. The normalized spacial score (nSPS) is 11.0. The van der Waals surface area contributed by atoms with Crippen LogP contribution < -0.4 is 5.56 Å². The molecule has 0 aliphatic heterocycles. The first-order chi connectivity index (χ1) is 10.2. The van der Waals surface area contributed by atoms with E-state index < -0.39 is 0 Å². The summed E-state index contributed by atoms with van der Waals surface area (Å²) >= 11 is 6.14. The van der Waals surface area contributed by atoms with E-state index in [-0.39, 0.29) is 5.56 Å². The van der Waals surface area contributed by atoms with Crippen LogP contribution in [-0.2, 0) is 0 Å². The summed E-state index contributed by atoms with van der Waals surface area (Å²) in [5.41, 5.74) is 0.799. The first-order valence-electron chi connectivity index (χ1n) is 5.94. The fourth-order valence-electron chi connectivity index (χ4n) is 1.92. The first kappa shape index (κ1) is 13.1. The van der Waals surface area contributed by atoms with Crippen LogP contribution in [-0.4, -0.2) is 19.5 Å². The van der Waals surface area contributed by atoms with Gasteiger partial charge in [0.15, 0.2) is 6.20 Å². The average Bonchev–Trinajstić information content (AvgIpc) is 2.99. The number of H-pyrrole nitrogens is 1. The third-order valence-corrected chi connectivity index (χ3v) is 3.22. The quantitative estimate of drug-likeness (QED) is 0.739. The van der Waals surface area contributed by atoms with Crippen LogP contribution in [0.4, 0.5) is 0 Å². The zero-order valence-electron chi connectivity index (χ0n) is 10.6. The maximum Gasteiger partial charge on any atom is 0.260 e. The number of rotatable bonds is 2. The molecule has 102 valence electrons. The monoisotopic (exact) mass is 297 g/mol. The minimum atomic E-state index is -0.280. The van der Waals surface area contributed by atoms with Gasteiger partial charge in [0.25, 0.3) is 5.56 Å². The molecule has 2 aromatic heterocycles. The summed E-state index contributed by atoms with van der Waals surface area (Å²) in [6.45, 7) is 6.74. The van der Waals surface area contributed by atoms with E-state index in [0.717, 1.165) is 0 Å². The molecule has 2 heterocycles. The van der Waals surface area contributed by atoms with Gasteiger partial charge in [-0.25, -0.2) is 14.8 Å². The lowest BCUT2D eigenvalue weighted by atomic mass is 10.1. The summed E-state index contributed by atoms with van der Waals surface area (Å²) in [6.07, 6.45) is 7.65. The Balaban J connectivity index is 2.24. The molecule has 0 bridgehead atoms. The maximum atomic E-state index is 12.2. The van der Waals surface area contributed by atoms with E-state index in [9.17, 15) is 4.79 Å². The Bertz CT molecular complexity index is 934. The highest BCUT2D eigenvalue weighted by Gasteiger charge is 2.08. The molecule has 0 saturated carbocycles. The fourth-order valence-corrected chi connectivity index (χ4v) is 2.14. The van der Waals surface area contributed by atoms with Gasteiger partial charge in [-0.15, -0.1) is 0 Å².